The molecule has 0 radical (unpaired) electrons. The highest BCUT2D eigenvalue weighted by atomic mass is 32.2. The highest BCUT2D eigenvalue weighted by Crippen LogP contribution is 2.33. The van der Waals surface area contributed by atoms with Crippen LogP contribution in [0.1, 0.15) is 31.4 Å². The van der Waals surface area contributed by atoms with Gasteiger partial charge in [0.05, 0.1) is 12.6 Å². The molecule has 0 aliphatic carbocycles. The first-order valence-corrected chi connectivity index (χ1v) is 9.11. The Morgan fingerprint density at radius 3 is 2.74 bits per heavy atom. The second-order valence-corrected chi connectivity index (χ2v) is 6.83. The number of ether oxygens (including phenoxy) is 1. The molecular formula is C17H22N2O3S. The maximum atomic E-state index is 12.6. The second-order valence-electron chi connectivity index (χ2n) is 5.78. The van der Waals surface area contributed by atoms with Crippen LogP contribution in [0.2, 0.25) is 0 Å². The molecule has 2 saturated heterocycles. The molecule has 124 valence electrons. The van der Waals surface area contributed by atoms with Gasteiger partial charge in [-0.3, -0.25) is 9.59 Å². The fraction of sp³-hybridized carbons (Fsp3) is 0.529. The second kappa shape index (κ2) is 7.25. The summed E-state index contributed by atoms with van der Waals surface area (Å²) in [4.78, 5) is 27.9. The van der Waals surface area contributed by atoms with Gasteiger partial charge in [-0.15, -0.1) is 0 Å². The van der Waals surface area contributed by atoms with Crippen LogP contribution >= 0.6 is 11.8 Å². The highest BCUT2D eigenvalue weighted by molar-refractivity contribution is 8.13. The molecule has 2 aliphatic heterocycles. The van der Waals surface area contributed by atoms with Crippen LogP contribution < -0.4 is 4.74 Å². The Morgan fingerprint density at radius 2 is 2.09 bits per heavy atom. The maximum Gasteiger partial charge on any atom is 0.282 e. The number of carbonyl (C=O) groups excluding carboxylic acids is 2. The number of nitrogens with zero attached hydrogens (tertiary/aromatic N) is 2. The summed E-state index contributed by atoms with van der Waals surface area (Å²) in [5, 5.41) is 0.0233. The van der Waals surface area contributed by atoms with Crippen LogP contribution in [0.4, 0.5) is 4.79 Å². The van der Waals surface area contributed by atoms with E-state index in [-0.39, 0.29) is 23.7 Å². The van der Waals surface area contributed by atoms with Crippen molar-refractivity contribution in [1.82, 2.24) is 9.80 Å². The minimum atomic E-state index is 0.0233. The number of rotatable bonds is 5. The van der Waals surface area contributed by atoms with E-state index in [9.17, 15) is 9.59 Å². The fourth-order valence-electron chi connectivity index (χ4n) is 3.19. The highest BCUT2D eigenvalue weighted by Gasteiger charge is 2.32. The largest absolute Gasteiger partial charge is 0.494 e. The molecule has 3 rings (SSSR count). The molecular weight excluding hydrogens is 312 g/mol. The Kier molecular flexibility index (Phi) is 5.10. The molecule has 0 unspecified atom stereocenters. The molecule has 6 heteroatoms. The zero-order valence-corrected chi connectivity index (χ0v) is 14.2. The van der Waals surface area contributed by atoms with Crippen molar-refractivity contribution in [3.8, 4) is 5.75 Å². The number of amides is 2. The fourth-order valence-corrected chi connectivity index (χ4v) is 4.01. The van der Waals surface area contributed by atoms with Gasteiger partial charge in [-0.2, -0.15) is 0 Å². The Labute approximate surface area is 141 Å². The van der Waals surface area contributed by atoms with Gasteiger partial charge in [0.25, 0.3) is 5.24 Å². The molecule has 2 fully saturated rings. The van der Waals surface area contributed by atoms with E-state index in [0.717, 1.165) is 36.5 Å². The molecule has 1 aromatic carbocycles. The van der Waals surface area contributed by atoms with Gasteiger partial charge in [-0.25, -0.2) is 0 Å². The van der Waals surface area contributed by atoms with E-state index in [4.69, 9.17) is 4.74 Å². The van der Waals surface area contributed by atoms with Gasteiger partial charge in [0, 0.05) is 18.8 Å². The molecule has 2 heterocycles. The van der Waals surface area contributed by atoms with E-state index >= 15 is 0 Å². The van der Waals surface area contributed by atoms with Crippen LogP contribution in [0.25, 0.3) is 0 Å². The minimum absolute atomic E-state index is 0.0233. The first-order chi connectivity index (χ1) is 11.2. The standard InChI is InChI=1S/C17H22N2O3S/c1-2-22-14-7-5-13(6-8-14)15-4-3-9-19(15)16(20)12-18-10-11-23-17(18)21/h5-8,15H,2-4,9-12H2,1H3/t15-/m0/s1. The minimum Gasteiger partial charge on any atom is -0.494 e. The summed E-state index contributed by atoms with van der Waals surface area (Å²) in [6.07, 6.45) is 1.98. The normalized spacial score (nSPS) is 21.1. The van der Waals surface area contributed by atoms with Gasteiger partial charge < -0.3 is 14.5 Å². The third kappa shape index (κ3) is 3.63. The van der Waals surface area contributed by atoms with Crippen LogP contribution in [0.15, 0.2) is 24.3 Å². The lowest BCUT2D eigenvalue weighted by molar-refractivity contribution is -0.132. The van der Waals surface area contributed by atoms with E-state index in [1.807, 2.05) is 36.1 Å². The lowest BCUT2D eigenvalue weighted by atomic mass is 10.0. The van der Waals surface area contributed by atoms with E-state index in [0.29, 0.717) is 13.2 Å². The molecule has 2 aliphatic rings. The van der Waals surface area contributed by atoms with E-state index in [2.05, 4.69) is 0 Å². The molecule has 1 aromatic rings. The van der Waals surface area contributed by atoms with E-state index < -0.39 is 0 Å². The Bertz CT molecular complexity index is 576. The van der Waals surface area contributed by atoms with Crippen LogP contribution in [0.5, 0.6) is 5.75 Å². The van der Waals surface area contributed by atoms with Crippen molar-refractivity contribution in [1.29, 1.82) is 0 Å². The van der Waals surface area contributed by atoms with Gasteiger partial charge in [-0.1, -0.05) is 23.9 Å². The van der Waals surface area contributed by atoms with Crippen LogP contribution in [-0.4, -0.2) is 52.9 Å². The topological polar surface area (TPSA) is 49.9 Å². The summed E-state index contributed by atoms with van der Waals surface area (Å²) in [7, 11) is 0. The smallest absolute Gasteiger partial charge is 0.282 e. The summed E-state index contributed by atoms with van der Waals surface area (Å²) < 4.78 is 5.47. The average Bonchev–Trinajstić information content (AvgIpc) is 3.18. The molecule has 2 amide bonds. The number of hydrogen-bond donors (Lipinski definition) is 0. The average molecular weight is 334 g/mol. The number of thioether (sulfide) groups is 1. The number of likely N-dealkylation sites (tertiary alicyclic amines) is 1. The number of hydrogen-bond acceptors (Lipinski definition) is 4. The van der Waals surface area contributed by atoms with Crippen LogP contribution in [0, 0.1) is 0 Å². The number of benzene rings is 1. The molecule has 5 nitrogen and oxygen atoms in total. The molecule has 0 N–H and O–H groups in total. The van der Waals surface area contributed by atoms with Crippen molar-refractivity contribution in [3.05, 3.63) is 29.8 Å². The Balaban J connectivity index is 1.67. The first kappa shape index (κ1) is 16.2. The van der Waals surface area contributed by atoms with Gasteiger partial charge in [-0.05, 0) is 37.5 Å². The monoisotopic (exact) mass is 334 g/mol. The predicted octanol–water partition coefficient (Wildman–Crippen LogP) is 2.92. The SMILES string of the molecule is CCOc1ccc([C@@H]2CCCN2C(=O)CN2CCSC2=O)cc1. The molecule has 0 saturated carbocycles. The van der Waals surface area contributed by atoms with E-state index in [1.165, 1.54) is 11.8 Å². The van der Waals surface area contributed by atoms with Crippen molar-refractivity contribution in [2.24, 2.45) is 0 Å². The van der Waals surface area contributed by atoms with Crippen molar-refractivity contribution in [2.75, 3.05) is 32.0 Å². The third-order valence-corrected chi connectivity index (χ3v) is 5.21. The molecule has 0 aromatic heterocycles. The van der Waals surface area contributed by atoms with Crippen LogP contribution in [0.3, 0.4) is 0 Å². The van der Waals surface area contributed by atoms with E-state index in [1.54, 1.807) is 4.90 Å². The molecule has 0 spiro atoms. The van der Waals surface area contributed by atoms with Crippen molar-refractivity contribution < 1.29 is 14.3 Å². The quantitative estimate of drug-likeness (QED) is 0.831. The maximum absolute atomic E-state index is 12.6. The lowest BCUT2D eigenvalue weighted by Gasteiger charge is -2.27. The van der Waals surface area contributed by atoms with Crippen molar-refractivity contribution in [2.45, 2.75) is 25.8 Å². The zero-order valence-electron chi connectivity index (χ0n) is 13.4. The van der Waals surface area contributed by atoms with Gasteiger partial charge in [0.2, 0.25) is 5.91 Å². The first-order valence-electron chi connectivity index (χ1n) is 8.13. The summed E-state index contributed by atoms with van der Waals surface area (Å²) in [5.74, 6) is 1.69. The lowest BCUT2D eigenvalue weighted by Crippen LogP contribution is -2.40. The zero-order chi connectivity index (χ0) is 16.2. The summed E-state index contributed by atoms with van der Waals surface area (Å²) in [6.45, 7) is 4.26. The van der Waals surface area contributed by atoms with Crippen molar-refractivity contribution >= 4 is 22.9 Å². The molecule has 0 bridgehead atoms. The van der Waals surface area contributed by atoms with Gasteiger partial charge in [0.1, 0.15) is 12.3 Å². The predicted molar refractivity (Wildman–Crippen MR) is 90.7 cm³/mol. The van der Waals surface area contributed by atoms with Gasteiger partial charge >= 0.3 is 0 Å². The summed E-state index contributed by atoms with van der Waals surface area (Å²) in [5.41, 5.74) is 1.14. The number of carbonyl (C=O) groups is 2. The molecule has 23 heavy (non-hydrogen) atoms. The van der Waals surface area contributed by atoms with Gasteiger partial charge in [0.15, 0.2) is 0 Å². The molecule has 1 atom stereocenters. The van der Waals surface area contributed by atoms with Crippen molar-refractivity contribution in [3.63, 3.8) is 0 Å². The van der Waals surface area contributed by atoms with Crippen LogP contribution in [-0.2, 0) is 4.79 Å². The summed E-state index contributed by atoms with van der Waals surface area (Å²) >= 11 is 1.30. The summed E-state index contributed by atoms with van der Waals surface area (Å²) in [6, 6.07) is 8.11. The Hall–Kier alpha value is -1.69. The third-order valence-electron chi connectivity index (χ3n) is 4.32. The Morgan fingerprint density at radius 1 is 1.30 bits per heavy atom.